The van der Waals surface area contributed by atoms with Gasteiger partial charge in [-0.2, -0.15) is 5.10 Å². The maximum atomic E-state index is 14.5. The van der Waals surface area contributed by atoms with Crippen molar-refractivity contribution in [3.05, 3.63) is 77.2 Å². The zero-order chi connectivity index (χ0) is 25.9. The molecule has 4 aromatic rings. The Hall–Kier alpha value is -4.28. The molecule has 188 valence electrons. The van der Waals surface area contributed by atoms with Gasteiger partial charge in [0.1, 0.15) is 23.6 Å². The minimum atomic E-state index is -0.679. The van der Waals surface area contributed by atoms with Gasteiger partial charge in [-0.15, -0.1) is 5.10 Å². The summed E-state index contributed by atoms with van der Waals surface area (Å²) in [7, 11) is 0. The van der Waals surface area contributed by atoms with Gasteiger partial charge in [0, 0.05) is 6.20 Å². The van der Waals surface area contributed by atoms with Crippen molar-refractivity contribution in [1.82, 2.24) is 30.5 Å². The van der Waals surface area contributed by atoms with Crippen LogP contribution in [-0.2, 0) is 12.0 Å². The molecular weight excluding hydrogens is 480 g/mol. The number of nitrogens with two attached hydrogens (primary N) is 1. The molecule has 2 aliphatic carbocycles. The lowest BCUT2D eigenvalue weighted by Gasteiger charge is -2.37. The molecule has 9 nitrogen and oxygen atoms in total. The lowest BCUT2D eigenvalue weighted by Crippen LogP contribution is -2.38. The Morgan fingerprint density at radius 3 is 2.70 bits per heavy atom. The summed E-state index contributed by atoms with van der Waals surface area (Å²) in [5.74, 6) is -0.998. The van der Waals surface area contributed by atoms with E-state index >= 15 is 0 Å². The van der Waals surface area contributed by atoms with Crippen molar-refractivity contribution < 1.29 is 18.0 Å². The van der Waals surface area contributed by atoms with Crippen LogP contribution in [-0.4, -0.2) is 31.2 Å². The highest BCUT2D eigenvalue weighted by molar-refractivity contribution is 5.71. The second kappa shape index (κ2) is 8.12. The number of carbonyl (C=O) groups excluding carboxylic acids is 1. The molecule has 2 bridgehead atoms. The predicted molar refractivity (Wildman–Crippen MR) is 128 cm³/mol. The smallest absolute Gasteiger partial charge is 0.312 e. The van der Waals surface area contributed by atoms with Crippen molar-refractivity contribution in [3.63, 3.8) is 0 Å². The fraction of sp³-hybridized carbons (Fsp3) is 0.308. The third kappa shape index (κ3) is 3.33. The molecule has 0 saturated heterocycles. The summed E-state index contributed by atoms with van der Waals surface area (Å²) < 4.78 is 34.6. The molecule has 2 amide bonds. The lowest BCUT2D eigenvalue weighted by molar-refractivity contribution is 0.242. The average molecular weight is 504 g/mol. The quantitative estimate of drug-likeness (QED) is 0.416. The van der Waals surface area contributed by atoms with Crippen LogP contribution in [0.3, 0.4) is 0 Å². The number of carbonyl (C=O) groups is 1. The Labute approximate surface area is 210 Å². The van der Waals surface area contributed by atoms with Crippen LogP contribution >= 0.6 is 0 Å². The Kier molecular flexibility index (Phi) is 5.08. The largest absolute Gasteiger partial charge is 0.443 e. The minimum Gasteiger partial charge on any atom is -0.443 e. The summed E-state index contributed by atoms with van der Waals surface area (Å²) in [6.07, 6.45) is 6.33. The highest BCUT2D eigenvalue weighted by atomic mass is 19.1. The molecule has 3 heterocycles. The normalized spacial score (nSPS) is 21.1. The van der Waals surface area contributed by atoms with Gasteiger partial charge >= 0.3 is 6.03 Å². The van der Waals surface area contributed by atoms with Crippen molar-refractivity contribution in [2.24, 2.45) is 11.1 Å². The Morgan fingerprint density at radius 1 is 1.16 bits per heavy atom. The van der Waals surface area contributed by atoms with Gasteiger partial charge in [-0.3, -0.25) is 4.98 Å². The molecule has 0 unspecified atom stereocenters. The maximum Gasteiger partial charge on any atom is 0.312 e. The second-order valence-electron chi connectivity index (χ2n) is 10.00. The first-order chi connectivity index (χ1) is 17.7. The molecule has 1 saturated carbocycles. The number of fused-ring (bicyclic) bond motifs is 5. The molecule has 1 fully saturated rings. The number of nitrogens with zero attached hydrogens (tertiary/aromatic N) is 5. The summed E-state index contributed by atoms with van der Waals surface area (Å²) in [4.78, 5) is 24.7. The van der Waals surface area contributed by atoms with Crippen LogP contribution in [0.4, 0.5) is 13.6 Å². The van der Waals surface area contributed by atoms with E-state index in [1.807, 2.05) is 0 Å². The minimum absolute atomic E-state index is 0.102. The second-order valence-corrected chi connectivity index (χ2v) is 10.00. The van der Waals surface area contributed by atoms with Gasteiger partial charge in [0.25, 0.3) is 0 Å². The van der Waals surface area contributed by atoms with Gasteiger partial charge in [0.2, 0.25) is 5.89 Å². The molecule has 3 N–H and O–H groups in total. The molecule has 0 aliphatic heterocycles. The van der Waals surface area contributed by atoms with E-state index in [2.05, 4.69) is 39.3 Å². The summed E-state index contributed by atoms with van der Waals surface area (Å²) >= 11 is 0. The average Bonchev–Trinajstić information content (AvgIpc) is 3.50. The molecule has 2 aliphatic rings. The third-order valence-corrected chi connectivity index (χ3v) is 7.89. The number of hydrogen-bond donors (Lipinski definition) is 2. The molecule has 1 aromatic carbocycles. The molecule has 37 heavy (non-hydrogen) atoms. The number of aromatic nitrogens is 5. The molecule has 6 rings (SSSR count). The fourth-order valence-electron chi connectivity index (χ4n) is 6.11. The van der Waals surface area contributed by atoms with Gasteiger partial charge in [0.15, 0.2) is 0 Å². The number of urea groups is 1. The van der Waals surface area contributed by atoms with Gasteiger partial charge in [-0.1, -0.05) is 19.9 Å². The van der Waals surface area contributed by atoms with Gasteiger partial charge in [0.05, 0.1) is 46.5 Å². The zero-order valence-corrected chi connectivity index (χ0v) is 20.1. The van der Waals surface area contributed by atoms with Crippen LogP contribution in [0.5, 0.6) is 0 Å². The Balaban J connectivity index is 1.43. The number of halogens is 2. The number of oxazole rings is 1. The summed E-state index contributed by atoms with van der Waals surface area (Å²) in [6, 6.07) is 4.85. The number of rotatable bonds is 5. The van der Waals surface area contributed by atoms with E-state index in [-0.39, 0.29) is 35.0 Å². The van der Waals surface area contributed by atoms with E-state index in [0.29, 0.717) is 17.1 Å². The predicted octanol–water partition coefficient (Wildman–Crippen LogP) is 4.24. The number of hydrogen-bond acceptors (Lipinski definition) is 7. The molecular formula is C26H23F2N7O2. The highest BCUT2D eigenvalue weighted by Crippen LogP contribution is 2.69. The van der Waals surface area contributed by atoms with Crippen LogP contribution in [0, 0.1) is 17.0 Å². The lowest BCUT2D eigenvalue weighted by atomic mass is 9.66. The van der Waals surface area contributed by atoms with Gasteiger partial charge in [-0.05, 0) is 47.9 Å². The third-order valence-electron chi connectivity index (χ3n) is 7.89. The van der Waals surface area contributed by atoms with Crippen molar-refractivity contribution >= 4 is 6.03 Å². The van der Waals surface area contributed by atoms with E-state index < -0.39 is 23.1 Å². The molecule has 0 radical (unpaired) electrons. The standard InChI is InChI=1S/C26H23F2N7O2/c1-25(2)15-6-7-26(25,22-14(15)8-18(34-35-22)21-16(27)4-3-5-17(21)28)20-11-30-10-19(33-20)23-32-13(12-37-23)9-31-24(29)36/h3-5,8,10-12,15H,6-7,9H2,1-2H3,(H3,29,31,36)/t15-,26-/m0/s1. The number of amides is 2. The Morgan fingerprint density at radius 2 is 1.95 bits per heavy atom. The van der Waals surface area contributed by atoms with E-state index in [0.717, 1.165) is 24.1 Å². The van der Waals surface area contributed by atoms with Gasteiger partial charge < -0.3 is 15.5 Å². The van der Waals surface area contributed by atoms with Gasteiger partial charge in [-0.25, -0.2) is 23.5 Å². The first-order valence-corrected chi connectivity index (χ1v) is 11.9. The number of nitrogens with one attached hydrogen (secondary N) is 1. The fourth-order valence-corrected chi connectivity index (χ4v) is 6.11. The molecule has 3 aromatic heterocycles. The molecule has 11 heteroatoms. The Bertz CT molecular complexity index is 1530. The first-order valence-electron chi connectivity index (χ1n) is 11.9. The van der Waals surface area contributed by atoms with E-state index in [9.17, 15) is 13.6 Å². The van der Waals surface area contributed by atoms with E-state index in [1.165, 1.54) is 24.5 Å². The van der Waals surface area contributed by atoms with E-state index in [1.54, 1.807) is 18.5 Å². The molecule has 2 atom stereocenters. The van der Waals surface area contributed by atoms with Crippen LogP contribution in [0.1, 0.15) is 55.3 Å². The van der Waals surface area contributed by atoms with Crippen LogP contribution in [0.2, 0.25) is 0 Å². The van der Waals surface area contributed by atoms with Crippen LogP contribution in [0.15, 0.2) is 47.3 Å². The van der Waals surface area contributed by atoms with Crippen molar-refractivity contribution in [2.45, 2.75) is 44.6 Å². The van der Waals surface area contributed by atoms with E-state index in [4.69, 9.17) is 15.1 Å². The summed E-state index contributed by atoms with van der Waals surface area (Å²) in [5.41, 5.74) is 7.50. The number of primary amides is 1. The van der Waals surface area contributed by atoms with Crippen molar-refractivity contribution in [3.8, 4) is 22.8 Å². The highest BCUT2D eigenvalue weighted by Gasteiger charge is 2.65. The van der Waals surface area contributed by atoms with Crippen LogP contribution in [0.25, 0.3) is 22.8 Å². The monoisotopic (exact) mass is 503 g/mol. The number of benzene rings is 1. The summed E-state index contributed by atoms with van der Waals surface area (Å²) in [6.45, 7) is 4.43. The summed E-state index contributed by atoms with van der Waals surface area (Å²) in [5, 5.41) is 11.3. The van der Waals surface area contributed by atoms with Crippen LogP contribution < -0.4 is 11.1 Å². The SMILES string of the molecule is CC1(C)[C@H]2CC[C@]1(c1cncc(-c3nc(CNC(N)=O)co3)n1)c1nnc(-c3c(F)cccc3F)cc12. The zero-order valence-electron chi connectivity index (χ0n) is 20.1. The van der Waals surface area contributed by atoms with Crippen molar-refractivity contribution in [2.75, 3.05) is 0 Å². The first kappa shape index (κ1) is 23.1. The maximum absolute atomic E-state index is 14.5. The van der Waals surface area contributed by atoms with Crippen molar-refractivity contribution in [1.29, 1.82) is 0 Å². The molecule has 0 spiro atoms. The topological polar surface area (TPSA) is 133 Å².